The number of aryl methyl sites for hydroxylation is 1. The minimum atomic E-state index is -3.62. The second kappa shape index (κ2) is 7.50. The average molecular weight is 430 g/mol. The van der Waals surface area contributed by atoms with Crippen LogP contribution >= 0.6 is 0 Å². The molecule has 0 bridgehead atoms. The number of likely N-dealkylation sites (tertiary alicyclic amines) is 1. The molecule has 6 nitrogen and oxygen atoms in total. The van der Waals surface area contributed by atoms with Crippen molar-refractivity contribution in [2.24, 2.45) is 7.05 Å². The second-order valence-electron chi connectivity index (χ2n) is 7.91. The van der Waals surface area contributed by atoms with E-state index >= 15 is 0 Å². The highest BCUT2D eigenvalue weighted by molar-refractivity contribution is 7.92. The molecular weight excluding hydrogens is 405 g/mol. The Morgan fingerprint density at radius 2 is 1.93 bits per heavy atom. The lowest BCUT2D eigenvalue weighted by molar-refractivity contribution is 0.0723. The van der Waals surface area contributed by atoms with Gasteiger partial charge in [-0.25, -0.2) is 17.8 Å². The summed E-state index contributed by atoms with van der Waals surface area (Å²) in [4.78, 5) is 19.5. The molecule has 0 aliphatic carbocycles. The molecule has 0 saturated carbocycles. The van der Waals surface area contributed by atoms with Crippen LogP contribution < -0.4 is 0 Å². The Kier molecular flexibility index (Phi) is 5.13. The third-order valence-electron chi connectivity index (χ3n) is 5.75. The summed E-state index contributed by atoms with van der Waals surface area (Å²) < 4.78 is 41.6. The summed E-state index contributed by atoms with van der Waals surface area (Å²) in [5.74, 6) is -0.491. The molecule has 4 rings (SSSR count). The van der Waals surface area contributed by atoms with Crippen LogP contribution in [-0.2, 0) is 16.9 Å². The molecule has 30 heavy (non-hydrogen) atoms. The monoisotopic (exact) mass is 429 g/mol. The summed E-state index contributed by atoms with van der Waals surface area (Å²) in [6.07, 6.45) is 1.49. The van der Waals surface area contributed by atoms with Crippen LogP contribution in [0.5, 0.6) is 0 Å². The van der Waals surface area contributed by atoms with Crippen molar-refractivity contribution >= 4 is 26.8 Å². The predicted octanol–water partition coefficient (Wildman–Crippen LogP) is 3.87. The molecule has 0 radical (unpaired) electrons. The van der Waals surface area contributed by atoms with Gasteiger partial charge in [0.15, 0.2) is 9.84 Å². The Balaban J connectivity index is 1.73. The van der Waals surface area contributed by atoms with Crippen molar-refractivity contribution in [2.75, 3.05) is 6.54 Å². The van der Waals surface area contributed by atoms with Gasteiger partial charge in [0.2, 0.25) is 0 Å². The number of halogens is 1. The van der Waals surface area contributed by atoms with E-state index in [1.165, 1.54) is 6.07 Å². The van der Waals surface area contributed by atoms with E-state index in [4.69, 9.17) is 4.98 Å². The van der Waals surface area contributed by atoms with E-state index in [1.807, 2.05) is 35.9 Å². The lowest BCUT2D eigenvalue weighted by Gasteiger charge is -2.25. The largest absolute Gasteiger partial charge is 0.329 e. The van der Waals surface area contributed by atoms with E-state index in [-0.39, 0.29) is 16.5 Å². The van der Waals surface area contributed by atoms with Crippen molar-refractivity contribution in [3.63, 3.8) is 0 Å². The first-order valence-electron chi connectivity index (χ1n) is 9.97. The van der Waals surface area contributed by atoms with Gasteiger partial charge in [-0.15, -0.1) is 0 Å². The number of para-hydroxylation sites is 2. The molecule has 0 spiro atoms. The number of hydrogen-bond donors (Lipinski definition) is 0. The van der Waals surface area contributed by atoms with Gasteiger partial charge >= 0.3 is 0 Å². The fourth-order valence-electron chi connectivity index (χ4n) is 4.01. The lowest BCUT2D eigenvalue weighted by Crippen LogP contribution is -2.32. The Bertz CT molecular complexity index is 1230. The smallest absolute Gasteiger partial charge is 0.257 e. The molecule has 1 saturated heterocycles. The number of benzene rings is 2. The molecule has 1 aliphatic rings. The minimum Gasteiger partial charge on any atom is -0.329 e. The number of nitrogens with zero attached hydrogens (tertiary/aromatic N) is 3. The van der Waals surface area contributed by atoms with Crippen molar-refractivity contribution in [1.29, 1.82) is 0 Å². The number of sulfone groups is 1. The van der Waals surface area contributed by atoms with Crippen LogP contribution in [0.25, 0.3) is 11.0 Å². The number of imidazole rings is 1. The van der Waals surface area contributed by atoms with E-state index in [0.717, 1.165) is 35.4 Å². The summed E-state index contributed by atoms with van der Waals surface area (Å²) in [6, 6.07) is 10.9. The highest BCUT2D eigenvalue weighted by Crippen LogP contribution is 2.34. The van der Waals surface area contributed by atoms with Crippen molar-refractivity contribution in [1.82, 2.24) is 14.5 Å². The molecule has 2 heterocycles. The summed E-state index contributed by atoms with van der Waals surface area (Å²) in [5, 5.41) is -0.662. The van der Waals surface area contributed by atoms with Crippen molar-refractivity contribution in [3.8, 4) is 0 Å². The number of carbonyl (C=O) groups excluding carboxylic acids is 1. The number of rotatable bonds is 4. The van der Waals surface area contributed by atoms with Gasteiger partial charge in [0.05, 0.1) is 32.8 Å². The van der Waals surface area contributed by atoms with E-state index < -0.39 is 26.8 Å². The zero-order valence-electron chi connectivity index (χ0n) is 17.2. The molecule has 1 aliphatic heterocycles. The Morgan fingerprint density at radius 1 is 1.20 bits per heavy atom. The van der Waals surface area contributed by atoms with Gasteiger partial charge in [0.25, 0.3) is 5.91 Å². The maximum Gasteiger partial charge on any atom is 0.257 e. The molecule has 0 N–H and O–H groups in total. The SMILES string of the molecule is CC(C)S(=O)(=O)c1ccc(F)c(C(=O)N2CCC[C@H]2c2nc3ccccc3n2C)c1. The molecule has 2 aromatic carbocycles. The topological polar surface area (TPSA) is 72.3 Å². The van der Waals surface area contributed by atoms with Crippen molar-refractivity contribution in [2.45, 2.75) is 42.9 Å². The molecular formula is C22H24FN3O3S. The summed E-state index contributed by atoms with van der Waals surface area (Å²) in [5.41, 5.74) is 1.58. The number of hydrogen-bond acceptors (Lipinski definition) is 4. The first-order chi connectivity index (χ1) is 14.2. The zero-order valence-corrected chi connectivity index (χ0v) is 18.0. The van der Waals surface area contributed by atoms with Crippen LogP contribution in [0.3, 0.4) is 0 Å². The number of fused-ring (bicyclic) bond motifs is 1. The van der Waals surface area contributed by atoms with Gasteiger partial charge in [-0.05, 0) is 57.0 Å². The number of aromatic nitrogens is 2. The average Bonchev–Trinajstić information content (AvgIpc) is 3.32. The van der Waals surface area contributed by atoms with Crippen molar-refractivity contribution in [3.05, 3.63) is 59.7 Å². The van der Waals surface area contributed by atoms with Crippen LogP contribution in [0.1, 0.15) is 48.9 Å². The molecule has 1 amide bonds. The van der Waals surface area contributed by atoms with Gasteiger partial charge < -0.3 is 9.47 Å². The highest BCUT2D eigenvalue weighted by Gasteiger charge is 2.35. The predicted molar refractivity (Wildman–Crippen MR) is 112 cm³/mol. The molecule has 1 fully saturated rings. The van der Waals surface area contributed by atoms with Crippen molar-refractivity contribution < 1.29 is 17.6 Å². The molecule has 8 heteroatoms. The molecule has 1 aromatic heterocycles. The van der Waals surface area contributed by atoms with E-state index in [1.54, 1.807) is 18.7 Å². The number of carbonyl (C=O) groups is 1. The van der Waals surface area contributed by atoms with Crippen LogP contribution in [0.15, 0.2) is 47.4 Å². The fraction of sp³-hybridized carbons (Fsp3) is 0.364. The van der Waals surface area contributed by atoms with Crippen LogP contribution in [0, 0.1) is 5.82 Å². The van der Waals surface area contributed by atoms with Gasteiger partial charge in [0, 0.05) is 13.6 Å². The quantitative estimate of drug-likeness (QED) is 0.590. The third kappa shape index (κ3) is 3.29. The first-order valence-corrected chi connectivity index (χ1v) is 11.5. The van der Waals surface area contributed by atoms with Gasteiger partial charge in [-0.3, -0.25) is 4.79 Å². The Hall–Kier alpha value is -2.74. The third-order valence-corrected chi connectivity index (χ3v) is 7.90. The van der Waals surface area contributed by atoms with Gasteiger partial charge in [-0.2, -0.15) is 0 Å². The molecule has 0 unspecified atom stereocenters. The lowest BCUT2D eigenvalue weighted by atomic mass is 10.1. The van der Waals surface area contributed by atoms with E-state index in [2.05, 4.69) is 0 Å². The fourth-order valence-corrected chi connectivity index (χ4v) is 5.10. The van der Waals surface area contributed by atoms with Gasteiger partial charge in [-0.1, -0.05) is 12.1 Å². The zero-order chi connectivity index (χ0) is 21.6. The number of amides is 1. The van der Waals surface area contributed by atoms with Crippen LogP contribution in [0.2, 0.25) is 0 Å². The summed E-state index contributed by atoms with van der Waals surface area (Å²) in [7, 11) is -1.71. The normalized spacial score (nSPS) is 17.2. The van der Waals surface area contributed by atoms with Crippen LogP contribution in [0.4, 0.5) is 4.39 Å². The molecule has 1 atom stereocenters. The Labute approximate surface area is 175 Å². The Morgan fingerprint density at radius 3 is 2.63 bits per heavy atom. The van der Waals surface area contributed by atoms with E-state index in [0.29, 0.717) is 13.0 Å². The minimum absolute atomic E-state index is 0.0410. The molecule has 158 valence electrons. The standard InChI is InChI=1S/C22H24FN3O3S/c1-14(2)30(28,29)15-10-11-17(23)16(13-15)22(27)26-12-6-9-20(26)21-24-18-7-4-5-8-19(18)25(21)3/h4-5,7-8,10-11,13-14,20H,6,9,12H2,1-3H3/t20-/m0/s1. The molecule has 3 aromatic rings. The maximum absolute atomic E-state index is 14.6. The maximum atomic E-state index is 14.6. The summed E-state index contributed by atoms with van der Waals surface area (Å²) >= 11 is 0. The van der Waals surface area contributed by atoms with Crippen LogP contribution in [-0.4, -0.2) is 40.6 Å². The second-order valence-corrected chi connectivity index (χ2v) is 10.4. The first kappa shape index (κ1) is 20.5. The van der Waals surface area contributed by atoms with Gasteiger partial charge in [0.1, 0.15) is 11.6 Å². The highest BCUT2D eigenvalue weighted by atomic mass is 32.2. The summed E-state index contributed by atoms with van der Waals surface area (Å²) in [6.45, 7) is 3.58. The van der Waals surface area contributed by atoms with E-state index in [9.17, 15) is 17.6 Å².